The first-order valence-corrected chi connectivity index (χ1v) is 8.25. The predicted octanol–water partition coefficient (Wildman–Crippen LogP) is 3.81. The first-order valence-electron chi connectivity index (χ1n) is 8.25. The second-order valence-electron chi connectivity index (χ2n) is 7.42. The number of ether oxygens (including phenoxy) is 1. The Morgan fingerprint density at radius 2 is 1.83 bits per heavy atom. The maximum absolute atomic E-state index is 12.1. The largest absolute Gasteiger partial charge is 0.444 e. The molecule has 0 aliphatic rings. The molecule has 6 heteroatoms. The molecule has 0 saturated heterocycles. The van der Waals surface area contributed by atoms with Crippen molar-refractivity contribution in [2.75, 3.05) is 0 Å². The summed E-state index contributed by atoms with van der Waals surface area (Å²) in [6, 6.07) is 7.80. The molecule has 0 aliphatic carbocycles. The number of amides is 1. The Balaban J connectivity index is 2.92. The van der Waals surface area contributed by atoms with E-state index in [-0.39, 0.29) is 17.3 Å². The van der Waals surface area contributed by atoms with Crippen molar-refractivity contribution in [2.24, 2.45) is 5.92 Å². The summed E-state index contributed by atoms with van der Waals surface area (Å²) in [4.78, 5) is 23.4. The molecule has 0 fully saturated rings. The molecule has 1 rings (SSSR count). The van der Waals surface area contributed by atoms with Gasteiger partial charge in [-0.2, -0.15) is 0 Å². The van der Waals surface area contributed by atoms with E-state index in [1.807, 2.05) is 44.2 Å². The Morgan fingerprint density at radius 1 is 1.25 bits per heavy atom. The van der Waals surface area contributed by atoms with Gasteiger partial charge in [-0.25, -0.2) is 4.79 Å². The van der Waals surface area contributed by atoms with Crippen LogP contribution in [0.5, 0.6) is 0 Å². The highest BCUT2D eigenvalue weighted by Gasteiger charge is 2.34. The van der Waals surface area contributed by atoms with Gasteiger partial charge in [-0.1, -0.05) is 44.2 Å². The first-order chi connectivity index (χ1) is 11.1. The number of carbonyl (C=O) groups is 1. The molecule has 6 nitrogen and oxygen atoms in total. The third kappa shape index (κ3) is 7.44. The van der Waals surface area contributed by atoms with Gasteiger partial charge in [-0.05, 0) is 38.7 Å². The number of nitro groups is 1. The number of benzene rings is 1. The van der Waals surface area contributed by atoms with Crippen LogP contribution in [0.1, 0.15) is 46.6 Å². The molecule has 0 unspecified atom stereocenters. The van der Waals surface area contributed by atoms with Crippen LogP contribution in [-0.2, 0) is 11.2 Å². The molecule has 1 aromatic rings. The summed E-state index contributed by atoms with van der Waals surface area (Å²) in [7, 11) is 0. The van der Waals surface area contributed by atoms with Crippen molar-refractivity contribution in [3.63, 3.8) is 0 Å². The van der Waals surface area contributed by atoms with E-state index in [4.69, 9.17) is 4.74 Å². The molecule has 0 aliphatic heterocycles. The highest BCUT2D eigenvalue weighted by molar-refractivity contribution is 5.68. The van der Waals surface area contributed by atoms with Crippen molar-refractivity contribution >= 4 is 6.09 Å². The number of hydrogen-bond acceptors (Lipinski definition) is 4. The quantitative estimate of drug-likeness (QED) is 0.606. The Hall–Kier alpha value is -2.11. The summed E-state index contributed by atoms with van der Waals surface area (Å²) < 4.78 is 5.26. The van der Waals surface area contributed by atoms with E-state index >= 15 is 0 Å². The molecule has 1 amide bonds. The van der Waals surface area contributed by atoms with Crippen LogP contribution >= 0.6 is 0 Å². The number of carbonyl (C=O) groups excluding carboxylic acids is 1. The highest BCUT2D eigenvalue weighted by Crippen LogP contribution is 2.16. The zero-order valence-electron chi connectivity index (χ0n) is 15.1. The van der Waals surface area contributed by atoms with Crippen LogP contribution in [0.15, 0.2) is 30.3 Å². The van der Waals surface area contributed by atoms with Gasteiger partial charge >= 0.3 is 6.09 Å². The minimum Gasteiger partial charge on any atom is -0.444 e. The molecule has 2 atom stereocenters. The van der Waals surface area contributed by atoms with Gasteiger partial charge < -0.3 is 10.1 Å². The van der Waals surface area contributed by atoms with E-state index in [0.29, 0.717) is 6.42 Å². The zero-order valence-corrected chi connectivity index (χ0v) is 15.1. The lowest BCUT2D eigenvalue weighted by molar-refractivity contribution is -0.526. The summed E-state index contributed by atoms with van der Waals surface area (Å²) in [6.45, 7) is 9.24. The van der Waals surface area contributed by atoms with Crippen molar-refractivity contribution in [2.45, 2.75) is 65.1 Å². The Morgan fingerprint density at radius 3 is 2.29 bits per heavy atom. The highest BCUT2D eigenvalue weighted by atomic mass is 16.6. The summed E-state index contributed by atoms with van der Waals surface area (Å²) in [5.41, 5.74) is 0.231. The van der Waals surface area contributed by atoms with Crippen LogP contribution < -0.4 is 5.32 Å². The van der Waals surface area contributed by atoms with E-state index in [0.717, 1.165) is 5.56 Å². The summed E-state index contributed by atoms with van der Waals surface area (Å²) in [6.07, 6.45) is 0.159. The minimum atomic E-state index is -0.901. The van der Waals surface area contributed by atoms with E-state index in [1.165, 1.54) is 0 Å². The fourth-order valence-corrected chi connectivity index (χ4v) is 2.50. The standard InChI is InChI=1S/C18H28N2O4/c1-13(2)11-15(19-17(21)24-18(3,4)5)16(20(22)23)12-14-9-7-6-8-10-14/h6-10,13,15-16H,11-12H2,1-5H3,(H,19,21)/t15-,16+/m1/s1. The zero-order chi connectivity index (χ0) is 18.3. The van der Waals surface area contributed by atoms with Crippen LogP contribution in [-0.4, -0.2) is 28.7 Å². The molecule has 134 valence electrons. The monoisotopic (exact) mass is 336 g/mol. The van der Waals surface area contributed by atoms with Gasteiger partial charge in [-0.15, -0.1) is 0 Å². The van der Waals surface area contributed by atoms with E-state index in [2.05, 4.69) is 5.32 Å². The molecular formula is C18H28N2O4. The van der Waals surface area contributed by atoms with Gasteiger partial charge in [0.1, 0.15) is 11.6 Å². The molecule has 0 bridgehead atoms. The van der Waals surface area contributed by atoms with Crippen LogP contribution in [0.25, 0.3) is 0 Å². The number of alkyl carbamates (subject to hydrolysis) is 1. The lowest BCUT2D eigenvalue weighted by atomic mass is 9.93. The Bertz CT molecular complexity index is 538. The van der Waals surface area contributed by atoms with Crippen molar-refractivity contribution in [3.05, 3.63) is 46.0 Å². The van der Waals surface area contributed by atoms with Crippen molar-refractivity contribution in [1.29, 1.82) is 0 Å². The van der Waals surface area contributed by atoms with Crippen LogP contribution in [0.2, 0.25) is 0 Å². The fourth-order valence-electron chi connectivity index (χ4n) is 2.50. The lowest BCUT2D eigenvalue weighted by Gasteiger charge is -2.26. The number of nitrogens with one attached hydrogen (secondary N) is 1. The maximum atomic E-state index is 12.1. The van der Waals surface area contributed by atoms with Crippen LogP contribution in [0.4, 0.5) is 4.79 Å². The summed E-state index contributed by atoms with van der Waals surface area (Å²) >= 11 is 0. The second kappa shape index (κ2) is 8.66. The molecule has 0 spiro atoms. The van der Waals surface area contributed by atoms with Crippen molar-refractivity contribution < 1.29 is 14.5 Å². The van der Waals surface area contributed by atoms with E-state index < -0.39 is 23.8 Å². The topological polar surface area (TPSA) is 81.5 Å². The number of rotatable bonds is 7. The van der Waals surface area contributed by atoms with E-state index in [1.54, 1.807) is 20.8 Å². The predicted molar refractivity (Wildman–Crippen MR) is 93.5 cm³/mol. The summed E-state index contributed by atoms with van der Waals surface area (Å²) in [5, 5.41) is 14.3. The smallest absolute Gasteiger partial charge is 0.408 e. The number of nitrogens with zero attached hydrogens (tertiary/aromatic N) is 1. The maximum Gasteiger partial charge on any atom is 0.408 e. The SMILES string of the molecule is CC(C)C[C@@H](NC(=O)OC(C)(C)C)[C@H](Cc1ccccc1)[N+](=O)[O-]. The third-order valence-corrected chi connectivity index (χ3v) is 3.45. The van der Waals surface area contributed by atoms with Crippen LogP contribution in [0, 0.1) is 16.0 Å². The molecule has 0 radical (unpaired) electrons. The van der Waals surface area contributed by atoms with Gasteiger partial charge in [0.25, 0.3) is 0 Å². The molecule has 0 heterocycles. The summed E-state index contributed by atoms with van der Waals surface area (Å²) in [5.74, 6) is 0.211. The second-order valence-corrected chi connectivity index (χ2v) is 7.42. The van der Waals surface area contributed by atoms with Crippen molar-refractivity contribution in [3.8, 4) is 0 Å². The van der Waals surface area contributed by atoms with Gasteiger partial charge in [0.15, 0.2) is 0 Å². The van der Waals surface area contributed by atoms with Gasteiger partial charge in [0.05, 0.1) is 0 Å². The Labute approximate surface area is 143 Å². The van der Waals surface area contributed by atoms with Crippen molar-refractivity contribution in [1.82, 2.24) is 5.32 Å². The van der Waals surface area contributed by atoms with Gasteiger partial charge in [0, 0.05) is 11.3 Å². The molecule has 24 heavy (non-hydrogen) atoms. The normalized spacial score (nSPS) is 14.1. The van der Waals surface area contributed by atoms with E-state index in [9.17, 15) is 14.9 Å². The molecule has 0 aromatic heterocycles. The third-order valence-electron chi connectivity index (χ3n) is 3.45. The average molecular weight is 336 g/mol. The molecule has 1 aromatic carbocycles. The first kappa shape index (κ1) is 19.9. The molecule has 1 N–H and O–H groups in total. The Kier molecular flexibility index (Phi) is 7.19. The van der Waals surface area contributed by atoms with Gasteiger partial charge in [0.2, 0.25) is 6.04 Å². The van der Waals surface area contributed by atoms with Gasteiger partial charge in [-0.3, -0.25) is 10.1 Å². The molecular weight excluding hydrogens is 308 g/mol. The fraction of sp³-hybridized carbons (Fsp3) is 0.611. The average Bonchev–Trinajstić information content (AvgIpc) is 2.42. The van der Waals surface area contributed by atoms with Crippen LogP contribution in [0.3, 0.4) is 0 Å². The number of hydrogen-bond donors (Lipinski definition) is 1. The molecule has 0 saturated carbocycles. The minimum absolute atomic E-state index is 0.211. The lowest BCUT2D eigenvalue weighted by Crippen LogP contribution is -2.49.